The van der Waals surface area contributed by atoms with Gasteiger partial charge in [0.25, 0.3) is 0 Å². The van der Waals surface area contributed by atoms with E-state index in [0.29, 0.717) is 29.4 Å². The van der Waals surface area contributed by atoms with Gasteiger partial charge in [-0.2, -0.15) is 0 Å². The van der Waals surface area contributed by atoms with Crippen molar-refractivity contribution in [3.05, 3.63) is 23.2 Å². The average molecular weight is 314 g/mol. The largest absolute Gasteiger partial charge is 0.397 e. The number of methoxy groups -OCH3 is 1. The number of benzene rings is 1. The lowest BCUT2D eigenvalue weighted by atomic mass is 10.2. The van der Waals surface area contributed by atoms with Crippen LogP contribution in [-0.2, 0) is 9.53 Å². The molecule has 1 aromatic rings. The third kappa shape index (κ3) is 6.80. The molecule has 0 aliphatic carbocycles. The second-order valence-electron chi connectivity index (χ2n) is 4.82. The summed E-state index contributed by atoms with van der Waals surface area (Å²) in [6, 6.07) is 5.08. The van der Waals surface area contributed by atoms with Crippen molar-refractivity contribution in [1.82, 2.24) is 4.90 Å². The van der Waals surface area contributed by atoms with Crippen molar-refractivity contribution in [1.29, 1.82) is 0 Å². The molecule has 0 aromatic heterocycles. The van der Waals surface area contributed by atoms with Gasteiger partial charge >= 0.3 is 0 Å². The van der Waals surface area contributed by atoms with Gasteiger partial charge in [-0.15, -0.1) is 0 Å². The first-order valence-electron chi connectivity index (χ1n) is 7.13. The molecular formula is C15H24ClN3O2. The molecule has 0 unspecified atom stereocenters. The number of nitrogens with one attached hydrogen (secondary N) is 1. The van der Waals surface area contributed by atoms with E-state index in [9.17, 15) is 4.79 Å². The molecule has 1 aromatic carbocycles. The summed E-state index contributed by atoms with van der Waals surface area (Å²) >= 11 is 5.84. The first-order chi connectivity index (χ1) is 10.1. The van der Waals surface area contributed by atoms with Gasteiger partial charge in [0.1, 0.15) is 0 Å². The highest BCUT2D eigenvalue weighted by molar-refractivity contribution is 6.33. The minimum absolute atomic E-state index is 0.0143. The molecule has 3 N–H and O–H groups in total. The van der Waals surface area contributed by atoms with Gasteiger partial charge < -0.3 is 20.7 Å². The van der Waals surface area contributed by atoms with Gasteiger partial charge in [0.2, 0.25) is 5.91 Å². The number of hydrogen-bond donors (Lipinski definition) is 2. The van der Waals surface area contributed by atoms with Gasteiger partial charge in [-0.3, -0.25) is 4.79 Å². The summed E-state index contributed by atoms with van der Waals surface area (Å²) in [5, 5.41) is 3.31. The minimum Gasteiger partial charge on any atom is -0.397 e. The van der Waals surface area contributed by atoms with Gasteiger partial charge in [-0.05, 0) is 37.7 Å². The van der Waals surface area contributed by atoms with Crippen molar-refractivity contribution in [2.75, 3.05) is 44.4 Å². The van der Waals surface area contributed by atoms with E-state index in [1.807, 2.05) is 0 Å². The summed E-state index contributed by atoms with van der Waals surface area (Å²) in [5.41, 5.74) is 6.84. The number of halogens is 1. The number of ether oxygens (including phenoxy) is 1. The molecule has 6 heteroatoms. The molecule has 0 aliphatic rings. The van der Waals surface area contributed by atoms with Crippen LogP contribution in [0.15, 0.2) is 18.2 Å². The van der Waals surface area contributed by atoms with Gasteiger partial charge in [0, 0.05) is 25.8 Å². The number of anilines is 2. The Morgan fingerprint density at radius 2 is 2.19 bits per heavy atom. The summed E-state index contributed by atoms with van der Waals surface area (Å²) < 4.78 is 5.06. The van der Waals surface area contributed by atoms with Crippen LogP contribution >= 0.6 is 11.6 Å². The summed E-state index contributed by atoms with van der Waals surface area (Å²) in [6.07, 6.45) is 1.29. The number of hydrogen-bond acceptors (Lipinski definition) is 4. The fourth-order valence-electron chi connectivity index (χ4n) is 1.96. The van der Waals surface area contributed by atoms with Crippen LogP contribution in [0.5, 0.6) is 0 Å². The minimum atomic E-state index is -0.0143. The predicted octanol–water partition coefficient (Wildman–Crippen LogP) is 2.61. The Morgan fingerprint density at radius 3 is 2.81 bits per heavy atom. The van der Waals surface area contributed by atoms with Gasteiger partial charge in [0.05, 0.1) is 17.3 Å². The van der Waals surface area contributed by atoms with E-state index < -0.39 is 0 Å². The van der Waals surface area contributed by atoms with Gasteiger partial charge in [-0.1, -0.05) is 18.5 Å². The van der Waals surface area contributed by atoms with Crippen LogP contribution in [0.2, 0.25) is 5.02 Å². The lowest BCUT2D eigenvalue weighted by Crippen LogP contribution is -2.29. The number of carbonyl (C=O) groups is 1. The Kier molecular flexibility index (Phi) is 8.12. The highest BCUT2D eigenvalue weighted by Gasteiger charge is 2.06. The monoisotopic (exact) mass is 313 g/mol. The van der Waals surface area contributed by atoms with Crippen LogP contribution in [0.4, 0.5) is 11.4 Å². The second kappa shape index (κ2) is 9.60. The summed E-state index contributed by atoms with van der Waals surface area (Å²) in [5.74, 6) is -0.0143. The molecule has 21 heavy (non-hydrogen) atoms. The first-order valence-corrected chi connectivity index (χ1v) is 7.50. The average Bonchev–Trinajstić information content (AvgIpc) is 2.46. The molecule has 0 saturated heterocycles. The second-order valence-corrected chi connectivity index (χ2v) is 5.22. The third-order valence-corrected chi connectivity index (χ3v) is 3.56. The molecule has 0 spiro atoms. The van der Waals surface area contributed by atoms with Crippen molar-refractivity contribution >= 4 is 28.9 Å². The van der Waals surface area contributed by atoms with Gasteiger partial charge in [0.15, 0.2) is 0 Å². The molecule has 118 valence electrons. The predicted molar refractivity (Wildman–Crippen MR) is 87.7 cm³/mol. The maximum absolute atomic E-state index is 11.9. The van der Waals surface area contributed by atoms with Crippen LogP contribution in [0.25, 0.3) is 0 Å². The third-order valence-electron chi connectivity index (χ3n) is 3.22. The van der Waals surface area contributed by atoms with E-state index >= 15 is 0 Å². The van der Waals surface area contributed by atoms with Crippen LogP contribution in [0.1, 0.15) is 19.8 Å². The molecule has 0 bridgehead atoms. The molecular weight excluding hydrogens is 290 g/mol. The van der Waals surface area contributed by atoms with Crippen LogP contribution in [0.3, 0.4) is 0 Å². The van der Waals surface area contributed by atoms with Crippen LogP contribution in [-0.4, -0.2) is 44.2 Å². The Hall–Kier alpha value is -1.30. The van der Waals surface area contributed by atoms with Gasteiger partial charge in [-0.25, -0.2) is 0 Å². The topological polar surface area (TPSA) is 67.6 Å². The summed E-state index contributed by atoms with van der Waals surface area (Å²) in [4.78, 5) is 14.1. The lowest BCUT2D eigenvalue weighted by Gasteiger charge is -2.19. The SMILES string of the molecule is CCN(CCCC(=O)Nc1ccc(Cl)c(N)c1)CCOC. The van der Waals surface area contributed by atoms with Crippen molar-refractivity contribution in [3.8, 4) is 0 Å². The molecule has 0 fully saturated rings. The standard InChI is InChI=1S/C15H24ClN3O2/c1-3-19(9-10-21-2)8-4-5-15(20)18-12-6-7-13(16)14(17)11-12/h6-7,11H,3-5,8-10,17H2,1-2H3,(H,18,20). The number of nitrogens with two attached hydrogens (primary N) is 1. The van der Waals surface area contributed by atoms with E-state index in [2.05, 4.69) is 17.1 Å². The normalized spacial score (nSPS) is 10.9. The lowest BCUT2D eigenvalue weighted by molar-refractivity contribution is -0.116. The van der Waals surface area contributed by atoms with Crippen molar-refractivity contribution < 1.29 is 9.53 Å². The zero-order valence-electron chi connectivity index (χ0n) is 12.7. The quantitative estimate of drug-likeness (QED) is 0.688. The maximum Gasteiger partial charge on any atom is 0.224 e. The van der Waals surface area contributed by atoms with E-state index in [0.717, 1.165) is 26.1 Å². The smallest absolute Gasteiger partial charge is 0.224 e. The van der Waals surface area contributed by atoms with Crippen molar-refractivity contribution in [2.24, 2.45) is 0 Å². The molecule has 0 atom stereocenters. The summed E-state index contributed by atoms with van der Waals surface area (Å²) in [7, 11) is 1.69. The number of nitrogens with zero attached hydrogens (tertiary/aromatic N) is 1. The van der Waals surface area contributed by atoms with Crippen LogP contribution < -0.4 is 11.1 Å². The molecule has 5 nitrogen and oxygen atoms in total. The fourth-order valence-corrected chi connectivity index (χ4v) is 2.07. The summed E-state index contributed by atoms with van der Waals surface area (Å²) in [6.45, 7) is 5.55. The molecule has 0 aliphatic heterocycles. The van der Waals surface area contributed by atoms with Crippen molar-refractivity contribution in [2.45, 2.75) is 19.8 Å². The number of likely N-dealkylation sites (N-methyl/N-ethyl adjacent to an activating group) is 1. The molecule has 1 amide bonds. The van der Waals surface area contributed by atoms with E-state index in [-0.39, 0.29) is 5.91 Å². The highest BCUT2D eigenvalue weighted by Crippen LogP contribution is 2.22. The Bertz CT molecular complexity index is 455. The molecule has 0 heterocycles. The number of amides is 1. The Labute approximate surface area is 131 Å². The van der Waals surface area contributed by atoms with E-state index in [4.69, 9.17) is 22.1 Å². The number of rotatable bonds is 9. The molecule has 0 radical (unpaired) electrons. The Morgan fingerprint density at radius 1 is 1.43 bits per heavy atom. The molecule has 1 rings (SSSR count). The molecule has 0 saturated carbocycles. The first kappa shape index (κ1) is 17.8. The zero-order valence-corrected chi connectivity index (χ0v) is 13.4. The van der Waals surface area contributed by atoms with E-state index in [1.165, 1.54) is 0 Å². The van der Waals surface area contributed by atoms with Crippen LogP contribution in [0, 0.1) is 0 Å². The Balaban J connectivity index is 2.31. The zero-order chi connectivity index (χ0) is 15.7. The number of carbonyl (C=O) groups excluding carboxylic acids is 1. The van der Waals surface area contributed by atoms with Crippen molar-refractivity contribution in [3.63, 3.8) is 0 Å². The fraction of sp³-hybridized carbons (Fsp3) is 0.533. The van der Waals surface area contributed by atoms with E-state index in [1.54, 1.807) is 25.3 Å². The highest BCUT2D eigenvalue weighted by atomic mass is 35.5. The number of nitrogen functional groups attached to an aromatic ring is 1. The maximum atomic E-state index is 11.9.